The number of nitrogens with zero attached hydrogens (tertiary/aromatic N) is 1. The van der Waals surface area contributed by atoms with E-state index >= 15 is 0 Å². The average molecular weight is 417 g/mol. The third-order valence-electron chi connectivity index (χ3n) is 4.24. The fourth-order valence-corrected chi connectivity index (χ4v) is 3.84. The number of aliphatic carboxylic acids is 1. The molecule has 1 aliphatic heterocycles. The number of carboxylic acids is 1. The molecule has 9 heteroatoms. The van der Waals surface area contributed by atoms with Crippen molar-refractivity contribution >= 4 is 40.9 Å². The molecular formula is C18H25ClN2O5S. The van der Waals surface area contributed by atoms with Crippen molar-refractivity contribution in [1.82, 2.24) is 10.2 Å². The van der Waals surface area contributed by atoms with Gasteiger partial charge in [0.05, 0.1) is 9.21 Å². The van der Waals surface area contributed by atoms with E-state index in [9.17, 15) is 19.5 Å². The number of ether oxygens (including phenoxy) is 1. The summed E-state index contributed by atoms with van der Waals surface area (Å²) in [5.74, 6) is -1.40. The summed E-state index contributed by atoms with van der Waals surface area (Å²) in [5.41, 5.74) is -0.544. The molecule has 2 heterocycles. The van der Waals surface area contributed by atoms with Crippen LogP contribution in [0.1, 0.15) is 49.7 Å². The van der Waals surface area contributed by atoms with Gasteiger partial charge in [-0.15, -0.1) is 11.3 Å². The summed E-state index contributed by atoms with van der Waals surface area (Å²) in [5, 5.41) is 12.0. The number of hydrogen-bond acceptors (Lipinski definition) is 5. The van der Waals surface area contributed by atoms with Crippen LogP contribution >= 0.6 is 22.9 Å². The van der Waals surface area contributed by atoms with E-state index in [1.165, 1.54) is 0 Å². The van der Waals surface area contributed by atoms with Crippen molar-refractivity contribution in [2.75, 3.05) is 13.1 Å². The lowest BCUT2D eigenvalue weighted by Crippen LogP contribution is -2.45. The maximum atomic E-state index is 12.2. The first kappa shape index (κ1) is 21.5. The van der Waals surface area contributed by atoms with Gasteiger partial charge in [0.1, 0.15) is 11.6 Å². The second-order valence-corrected chi connectivity index (χ2v) is 9.33. The summed E-state index contributed by atoms with van der Waals surface area (Å²) >= 11 is 6.92. The largest absolute Gasteiger partial charge is 0.480 e. The van der Waals surface area contributed by atoms with E-state index in [-0.39, 0.29) is 12.0 Å². The van der Waals surface area contributed by atoms with Crippen LogP contribution in [-0.2, 0) is 9.53 Å². The zero-order chi connectivity index (χ0) is 20.2. The van der Waals surface area contributed by atoms with E-state index in [1.807, 2.05) is 20.8 Å². The summed E-state index contributed by atoms with van der Waals surface area (Å²) in [6.07, 6.45) is 1.31. The van der Waals surface area contributed by atoms with Crippen molar-refractivity contribution < 1.29 is 24.2 Å². The molecule has 1 atom stereocenters. The molecule has 0 saturated carbocycles. The molecule has 2 rings (SSSR count). The molecule has 1 fully saturated rings. The number of thiophene rings is 1. The minimum Gasteiger partial charge on any atom is -0.480 e. The molecule has 1 unspecified atom stereocenters. The van der Waals surface area contributed by atoms with Crippen molar-refractivity contribution in [3.05, 3.63) is 21.3 Å². The lowest BCUT2D eigenvalue weighted by Gasteiger charge is -2.34. The Bertz CT molecular complexity index is 692. The van der Waals surface area contributed by atoms with Crippen molar-refractivity contribution in [1.29, 1.82) is 0 Å². The molecule has 1 aromatic heterocycles. The maximum Gasteiger partial charge on any atom is 0.410 e. The third-order valence-corrected chi connectivity index (χ3v) is 5.47. The van der Waals surface area contributed by atoms with Gasteiger partial charge in [-0.3, -0.25) is 4.79 Å². The minimum absolute atomic E-state index is 0.108. The van der Waals surface area contributed by atoms with Gasteiger partial charge in [-0.25, -0.2) is 9.59 Å². The summed E-state index contributed by atoms with van der Waals surface area (Å²) in [6.45, 7) is 6.48. The van der Waals surface area contributed by atoms with Crippen LogP contribution in [0.5, 0.6) is 0 Å². The topological polar surface area (TPSA) is 95.9 Å². The number of carbonyl (C=O) groups excluding carboxylic acids is 2. The Morgan fingerprint density at radius 1 is 1.33 bits per heavy atom. The van der Waals surface area contributed by atoms with E-state index in [0.29, 0.717) is 41.6 Å². The second-order valence-electron chi connectivity index (χ2n) is 7.61. The molecule has 27 heavy (non-hydrogen) atoms. The predicted molar refractivity (Wildman–Crippen MR) is 103 cm³/mol. The monoisotopic (exact) mass is 416 g/mol. The Kier molecular flexibility index (Phi) is 7.11. The molecular weight excluding hydrogens is 392 g/mol. The van der Waals surface area contributed by atoms with Crippen LogP contribution in [0.4, 0.5) is 4.79 Å². The highest BCUT2D eigenvalue weighted by atomic mass is 35.5. The molecule has 1 aliphatic rings. The minimum atomic E-state index is -1.07. The molecule has 2 N–H and O–H groups in total. The first-order valence-corrected chi connectivity index (χ1v) is 10.0. The Balaban J connectivity index is 1.86. The van der Waals surface area contributed by atoms with Gasteiger partial charge in [0.15, 0.2) is 0 Å². The van der Waals surface area contributed by atoms with E-state index in [1.54, 1.807) is 17.0 Å². The van der Waals surface area contributed by atoms with E-state index in [4.69, 9.17) is 16.3 Å². The van der Waals surface area contributed by atoms with Crippen molar-refractivity contribution in [3.8, 4) is 0 Å². The highest BCUT2D eigenvalue weighted by molar-refractivity contribution is 7.18. The number of piperidine rings is 1. The summed E-state index contributed by atoms with van der Waals surface area (Å²) in [4.78, 5) is 37.9. The van der Waals surface area contributed by atoms with Gasteiger partial charge in [-0.05, 0) is 58.1 Å². The lowest BCUT2D eigenvalue weighted by atomic mass is 9.90. The van der Waals surface area contributed by atoms with Crippen LogP contribution in [0.15, 0.2) is 12.1 Å². The fraction of sp³-hybridized carbons (Fsp3) is 0.611. The Morgan fingerprint density at radius 3 is 2.44 bits per heavy atom. The van der Waals surface area contributed by atoms with Crippen LogP contribution in [0.2, 0.25) is 4.34 Å². The van der Waals surface area contributed by atoms with Crippen LogP contribution in [0, 0.1) is 5.92 Å². The van der Waals surface area contributed by atoms with Crippen LogP contribution < -0.4 is 5.32 Å². The highest BCUT2D eigenvalue weighted by Crippen LogP contribution is 2.25. The molecule has 150 valence electrons. The SMILES string of the molecule is CC(C)(C)OC(=O)N1CCC(CC(NC(=O)c2ccc(Cl)s2)C(=O)O)CC1. The molecule has 0 radical (unpaired) electrons. The number of nitrogens with one attached hydrogen (secondary N) is 1. The normalized spacial score (nSPS) is 16.7. The first-order chi connectivity index (χ1) is 12.5. The zero-order valence-corrected chi connectivity index (χ0v) is 17.2. The maximum absolute atomic E-state index is 12.2. The van der Waals surface area contributed by atoms with Gasteiger partial charge < -0.3 is 20.1 Å². The quantitative estimate of drug-likeness (QED) is 0.764. The van der Waals surface area contributed by atoms with Crippen molar-refractivity contribution in [2.45, 2.75) is 51.7 Å². The number of halogens is 1. The smallest absolute Gasteiger partial charge is 0.410 e. The Hall–Kier alpha value is -1.80. The number of amides is 2. The summed E-state index contributed by atoms with van der Waals surface area (Å²) in [6, 6.07) is 2.19. The lowest BCUT2D eigenvalue weighted by molar-refractivity contribution is -0.139. The molecule has 7 nitrogen and oxygen atoms in total. The van der Waals surface area contributed by atoms with Gasteiger partial charge in [-0.1, -0.05) is 11.6 Å². The molecule has 1 saturated heterocycles. The molecule has 2 amide bonds. The number of carboxylic acid groups (broad SMARTS) is 1. The average Bonchev–Trinajstić information content (AvgIpc) is 2.99. The summed E-state index contributed by atoms with van der Waals surface area (Å²) < 4.78 is 5.84. The zero-order valence-electron chi connectivity index (χ0n) is 15.7. The number of rotatable bonds is 5. The van der Waals surface area contributed by atoms with Crippen LogP contribution in [0.3, 0.4) is 0 Å². The molecule has 0 spiro atoms. The standard InChI is InChI=1S/C18H25ClN2O5S/c1-18(2,3)26-17(25)21-8-6-11(7-9-21)10-12(16(23)24)20-15(22)13-4-5-14(19)27-13/h4-5,11-12H,6-10H2,1-3H3,(H,20,22)(H,23,24). The van der Waals surface area contributed by atoms with Gasteiger partial charge in [-0.2, -0.15) is 0 Å². The van der Waals surface area contributed by atoms with Crippen molar-refractivity contribution in [2.24, 2.45) is 5.92 Å². The number of hydrogen-bond donors (Lipinski definition) is 2. The van der Waals surface area contributed by atoms with Gasteiger partial charge in [0.2, 0.25) is 0 Å². The molecule has 1 aromatic rings. The second kappa shape index (κ2) is 8.93. The number of likely N-dealkylation sites (tertiary alicyclic amines) is 1. The predicted octanol–water partition coefficient (Wildman–Crippen LogP) is 3.62. The Labute approximate surface area is 167 Å². The Morgan fingerprint density at radius 2 is 1.96 bits per heavy atom. The van der Waals surface area contributed by atoms with E-state index in [0.717, 1.165) is 11.3 Å². The first-order valence-electron chi connectivity index (χ1n) is 8.82. The highest BCUT2D eigenvalue weighted by Gasteiger charge is 2.30. The fourth-order valence-electron chi connectivity index (χ4n) is 2.90. The molecule has 0 bridgehead atoms. The third kappa shape index (κ3) is 6.70. The van der Waals surface area contributed by atoms with Crippen molar-refractivity contribution in [3.63, 3.8) is 0 Å². The van der Waals surface area contributed by atoms with E-state index in [2.05, 4.69) is 5.32 Å². The van der Waals surface area contributed by atoms with Gasteiger partial charge in [0.25, 0.3) is 5.91 Å². The van der Waals surface area contributed by atoms with Crippen LogP contribution in [0.25, 0.3) is 0 Å². The number of carbonyl (C=O) groups is 3. The molecule has 0 aromatic carbocycles. The van der Waals surface area contributed by atoms with Crippen LogP contribution in [-0.4, -0.2) is 52.7 Å². The van der Waals surface area contributed by atoms with E-state index < -0.39 is 23.5 Å². The molecule has 0 aliphatic carbocycles. The van der Waals surface area contributed by atoms with Gasteiger partial charge >= 0.3 is 12.1 Å². The summed E-state index contributed by atoms with van der Waals surface area (Å²) in [7, 11) is 0. The van der Waals surface area contributed by atoms with Gasteiger partial charge in [0, 0.05) is 13.1 Å².